The van der Waals surface area contributed by atoms with Crippen LogP contribution in [0.4, 0.5) is 0 Å². The molecule has 0 N–H and O–H groups in total. The summed E-state index contributed by atoms with van der Waals surface area (Å²) in [5, 5.41) is 0. The predicted octanol–water partition coefficient (Wildman–Crippen LogP) is 5.20. The first-order valence-corrected chi connectivity index (χ1v) is 14.4. The lowest BCUT2D eigenvalue weighted by atomic mass is 9.78. The molecular formula is C33H28BrNO7. The number of hydrogen-bond donors (Lipinski definition) is 0. The Morgan fingerprint density at radius 2 is 1.57 bits per heavy atom. The van der Waals surface area contributed by atoms with Crippen LogP contribution in [-0.4, -0.2) is 47.1 Å². The maximum atomic E-state index is 13.4. The van der Waals surface area contributed by atoms with Gasteiger partial charge in [0.2, 0.25) is 11.8 Å². The number of amides is 2. The third kappa shape index (κ3) is 6.26. The van der Waals surface area contributed by atoms with E-state index in [0.717, 1.165) is 14.9 Å². The Morgan fingerprint density at radius 3 is 2.24 bits per heavy atom. The van der Waals surface area contributed by atoms with Gasteiger partial charge in [-0.3, -0.25) is 19.3 Å². The quantitative estimate of drug-likeness (QED) is 0.105. The van der Waals surface area contributed by atoms with Crippen LogP contribution in [0.25, 0.3) is 0 Å². The minimum Gasteiger partial charge on any atom is -0.456 e. The fourth-order valence-electron chi connectivity index (χ4n) is 5.37. The van der Waals surface area contributed by atoms with Crippen molar-refractivity contribution >= 4 is 45.5 Å². The number of ether oxygens (including phenoxy) is 2. The van der Waals surface area contributed by atoms with Gasteiger partial charge in [-0.25, -0.2) is 9.59 Å². The average molecular weight is 630 g/mol. The summed E-state index contributed by atoms with van der Waals surface area (Å²) in [5.74, 6) is -3.55. The van der Waals surface area contributed by atoms with Crippen LogP contribution >= 0.6 is 15.9 Å². The summed E-state index contributed by atoms with van der Waals surface area (Å²) < 4.78 is 11.6. The second kappa shape index (κ2) is 12.7. The van der Waals surface area contributed by atoms with Crippen LogP contribution in [0.1, 0.15) is 39.6 Å². The fraction of sp³-hybridized carbons (Fsp3) is 0.242. The first kappa shape index (κ1) is 29.1. The van der Waals surface area contributed by atoms with Gasteiger partial charge in [-0.15, -0.1) is 0 Å². The molecule has 0 bridgehead atoms. The lowest BCUT2D eigenvalue weighted by molar-refractivity contribution is -0.158. The standard InChI is InChI=1S/C33H28BrNO7/c1-20-6-5-9-26-29(20)31(38)35(30(26)37)27(18-21-7-3-2-4-8-21)33(40)41-19-28(36)22-12-16-25(17-13-22)42-32(39)23-10-14-24(34)15-11-23/h2-8,10-17,20,26-27,29H,9,18-19H2,1H3. The zero-order valence-corrected chi connectivity index (χ0v) is 24.4. The highest BCUT2D eigenvalue weighted by Gasteiger charge is 2.53. The van der Waals surface area contributed by atoms with E-state index in [1.54, 1.807) is 48.5 Å². The third-order valence-corrected chi connectivity index (χ3v) is 8.10. The molecule has 5 rings (SSSR count). The summed E-state index contributed by atoms with van der Waals surface area (Å²) in [7, 11) is 0. The molecule has 8 nitrogen and oxygen atoms in total. The van der Waals surface area contributed by atoms with Crippen LogP contribution in [0.15, 0.2) is 95.5 Å². The minimum absolute atomic E-state index is 0.0744. The Hall–Kier alpha value is -4.37. The van der Waals surface area contributed by atoms with Gasteiger partial charge in [0.15, 0.2) is 12.4 Å². The number of imide groups is 1. The van der Waals surface area contributed by atoms with Crippen LogP contribution in [0.3, 0.4) is 0 Å². The number of benzene rings is 3. The molecule has 4 unspecified atom stereocenters. The van der Waals surface area contributed by atoms with Gasteiger partial charge in [0.25, 0.3) is 0 Å². The predicted molar refractivity (Wildman–Crippen MR) is 157 cm³/mol. The summed E-state index contributed by atoms with van der Waals surface area (Å²) in [6.07, 6.45) is 4.34. The smallest absolute Gasteiger partial charge is 0.343 e. The fourth-order valence-corrected chi connectivity index (χ4v) is 5.64. The Bertz CT molecular complexity index is 1530. The van der Waals surface area contributed by atoms with Crippen molar-refractivity contribution in [3.8, 4) is 5.75 Å². The molecule has 2 amide bonds. The number of nitrogens with zero attached hydrogens (tertiary/aromatic N) is 1. The lowest BCUT2D eigenvalue weighted by Crippen LogP contribution is -2.48. The largest absolute Gasteiger partial charge is 0.456 e. The summed E-state index contributed by atoms with van der Waals surface area (Å²) in [6.45, 7) is 1.31. The van der Waals surface area contributed by atoms with Crippen LogP contribution in [0.2, 0.25) is 0 Å². The SMILES string of the molecule is CC1C=CCC2C(=O)N(C(Cc3ccccc3)C(=O)OCC(=O)c3ccc(OC(=O)c4ccc(Br)cc4)cc3)C(=O)C12. The van der Waals surface area contributed by atoms with E-state index in [4.69, 9.17) is 9.47 Å². The molecule has 3 aromatic carbocycles. The lowest BCUT2D eigenvalue weighted by Gasteiger charge is -2.25. The number of fused-ring (bicyclic) bond motifs is 1. The molecule has 1 aliphatic heterocycles. The molecule has 1 heterocycles. The van der Waals surface area contributed by atoms with Crippen molar-refractivity contribution in [1.82, 2.24) is 4.90 Å². The van der Waals surface area contributed by atoms with E-state index in [0.29, 0.717) is 12.0 Å². The van der Waals surface area contributed by atoms with Gasteiger partial charge in [-0.2, -0.15) is 0 Å². The van der Waals surface area contributed by atoms with Gasteiger partial charge in [-0.1, -0.05) is 65.3 Å². The van der Waals surface area contributed by atoms with Crippen molar-refractivity contribution in [3.05, 3.63) is 112 Å². The van der Waals surface area contributed by atoms with E-state index in [9.17, 15) is 24.0 Å². The summed E-state index contributed by atoms with van der Waals surface area (Å²) >= 11 is 3.31. The van der Waals surface area contributed by atoms with Crippen LogP contribution in [0.5, 0.6) is 5.75 Å². The molecule has 214 valence electrons. The van der Waals surface area contributed by atoms with Crippen molar-refractivity contribution in [2.45, 2.75) is 25.8 Å². The molecule has 2 aliphatic rings. The molecule has 3 aromatic rings. The molecule has 9 heteroatoms. The first-order valence-electron chi connectivity index (χ1n) is 13.6. The van der Waals surface area contributed by atoms with E-state index >= 15 is 0 Å². The molecule has 42 heavy (non-hydrogen) atoms. The molecule has 0 saturated carbocycles. The number of rotatable bonds is 9. The van der Waals surface area contributed by atoms with E-state index in [-0.39, 0.29) is 29.6 Å². The summed E-state index contributed by atoms with van der Waals surface area (Å²) in [5.41, 5.74) is 1.36. The number of allylic oxidation sites excluding steroid dienone is 2. The zero-order chi connectivity index (χ0) is 29.8. The monoisotopic (exact) mass is 629 g/mol. The van der Waals surface area contributed by atoms with Crippen molar-refractivity contribution in [3.63, 3.8) is 0 Å². The number of ketones is 1. The molecule has 0 aromatic heterocycles. The molecule has 0 spiro atoms. The molecule has 0 radical (unpaired) electrons. The third-order valence-electron chi connectivity index (χ3n) is 7.57. The first-order chi connectivity index (χ1) is 20.2. The minimum atomic E-state index is -1.20. The normalized spacial score (nSPS) is 20.1. The van der Waals surface area contributed by atoms with Gasteiger partial charge >= 0.3 is 11.9 Å². The number of carbonyl (C=O) groups excluding carboxylic acids is 5. The Kier molecular flexibility index (Phi) is 8.77. The maximum Gasteiger partial charge on any atom is 0.343 e. The van der Waals surface area contributed by atoms with Gasteiger partial charge in [-0.05, 0) is 66.4 Å². The number of hydrogen-bond acceptors (Lipinski definition) is 7. The molecule has 4 atom stereocenters. The van der Waals surface area contributed by atoms with E-state index < -0.39 is 48.1 Å². The van der Waals surface area contributed by atoms with Crippen molar-refractivity contribution in [2.24, 2.45) is 17.8 Å². The maximum absolute atomic E-state index is 13.4. The van der Waals surface area contributed by atoms with Gasteiger partial charge in [0.1, 0.15) is 11.8 Å². The molecule has 1 fully saturated rings. The highest BCUT2D eigenvalue weighted by atomic mass is 79.9. The van der Waals surface area contributed by atoms with Crippen LogP contribution in [0, 0.1) is 17.8 Å². The second-order valence-electron chi connectivity index (χ2n) is 10.4. The zero-order valence-electron chi connectivity index (χ0n) is 22.8. The molecule has 1 saturated heterocycles. The van der Waals surface area contributed by atoms with E-state index in [2.05, 4.69) is 15.9 Å². The van der Waals surface area contributed by atoms with E-state index in [1.807, 2.05) is 25.1 Å². The summed E-state index contributed by atoms with van der Waals surface area (Å²) in [6, 6.07) is 20.4. The number of likely N-dealkylation sites (tertiary alicyclic amines) is 1. The highest BCUT2D eigenvalue weighted by Crippen LogP contribution is 2.39. The van der Waals surface area contributed by atoms with Crippen molar-refractivity contribution < 1.29 is 33.4 Å². The Balaban J connectivity index is 1.25. The number of Topliss-reactive ketones (excluding diaryl/α,β-unsaturated/α-hetero) is 1. The number of esters is 2. The van der Waals surface area contributed by atoms with Crippen LogP contribution < -0.4 is 4.74 Å². The average Bonchev–Trinajstić information content (AvgIpc) is 3.25. The highest BCUT2D eigenvalue weighted by molar-refractivity contribution is 9.10. The molecular weight excluding hydrogens is 602 g/mol. The van der Waals surface area contributed by atoms with Crippen molar-refractivity contribution in [2.75, 3.05) is 6.61 Å². The van der Waals surface area contributed by atoms with Gasteiger partial charge in [0.05, 0.1) is 17.4 Å². The van der Waals surface area contributed by atoms with Crippen molar-refractivity contribution in [1.29, 1.82) is 0 Å². The van der Waals surface area contributed by atoms with Gasteiger partial charge < -0.3 is 9.47 Å². The summed E-state index contributed by atoms with van der Waals surface area (Å²) in [4.78, 5) is 66.4. The Labute approximate surface area is 251 Å². The number of carbonyl (C=O) groups is 5. The van der Waals surface area contributed by atoms with Gasteiger partial charge in [0, 0.05) is 16.5 Å². The Morgan fingerprint density at radius 1 is 0.905 bits per heavy atom. The number of halogens is 1. The van der Waals surface area contributed by atoms with E-state index in [1.165, 1.54) is 24.3 Å². The topological polar surface area (TPSA) is 107 Å². The molecule has 1 aliphatic carbocycles. The van der Waals surface area contributed by atoms with Crippen LogP contribution in [-0.2, 0) is 25.5 Å². The second-order valence-corrected chi connectivity index (χ2v) is 11.3.